The lowest BCUT2D eigenvalue weighted by Crippen LogP contribution is -2.26. The first-order chi connectivity index (χ1) is 12.2. The highest BCUT2D eigenvalue weighted by Gasteiger charge is 2.14. The summed E-state index contributed by atoms with van der Waals surface area (Å²) in [6.07, 6.45) is 2.41. The van der Waals surface area contributed by atoms with Crippen LogP contribution in [0.15, 0.2) is 83.6 Å². The fourth-order valence-corrected chi connectivity index (χ4v) is 3.07. The summed E-state index contributed by atoms with van der Waals surface area (Å²) in [5.41, 5.74) is 3.08. The van der Waals surface area contributed by atoms with Crippen LogP contribution in [0, 0.1) is 0 Å². The Hall–Kier alpha value is -2.46. The van der Waals surface area contributed by atoms with Gasteiger partial charge in [-0.25, -0.2) is 4.98 Å². The third kappa shape index (κ3) is 4.77. The Kier molecular flexibility index (Phi) is 5.96. The minimum absolute atomic E-state index is 0.0973. The molecule has 3 nitrogen and oxygen atoms in total. The Morgan fingerprint density at radius 1 is 0.920 bits per heavy atom. The Balaban J connectivity index is 1.67. The minimum Gasteiger partial charge on any atom is -0.352 e. The highest BCUT2D eigenvalue weighted by molar-refractivity contribution is 9.10. The Labute approximate surface area is 156 Å². The molecular formula is C21H19BrN2O. The fraction of sp³-hybridized carbons (Fsp3) is 0.143. The predicted molar refractivity (Wildman–Crippen MR) is 104 cm³/mol. The number of hydrogen-bond donors (Lipinski definition) is 1. The first-order valence-electron chi connectivity index (χ1n) is 8.23. The monoisotopic (exact) mass is 394 g/mol. The van der Waals surface area contributed by atoms with Crippen molar-refractivity contribution in [3.05, 3.63) is 100 Å². The molecule has 0 atom stereocenters. The number of carbonyl (C=O) groups excluding carboxylic acids is 1. The highest BCUT2D eigenvalue weighted by atomic mass is 79.9. The molecule has 0 unspecified atom stereocenters. The summed E-state index contributed by atoms with van der Waals surface area (Å²) in [5.74, 6) is 0.158. The number of carbonyl (C=O) groups is 1. The van der Waals surface area contributed by atoms with Crippen LogP contribution in [-0.2, 0) is 0 Å². The highest BCUT2D eigenvalue weighted by Crippen LogP contribution is 2.27. The lowest BCUT2D eigenvalue weighted by Gasteiger charge is -2.18. The van der Waals surface area contributed by atoms with E-state index in [-0.39, 0.29) is 11.8 Å². The van der Waals surface area contributed by atoms with Gasteiger partial charge in [0.1, 0.15) is 4.60 Å². The minimum atomic E-state index is -0.0973. The Morgan fingerprint density at radius 3 is 2.04 bits per heavy atom. The molecule has 3 aromatic rings. The average molecular weight is 395 g/mol. The van der Waals surface area contributed by atoms with E-state index in [1.807, 2.05) is 12.1 Å². The summed E-state index contributed by atoms with van der Waals surface area (Å²) < 4.78 is 0.720. The number of aromatic nitrogens is 1. The number of hydrogen-bond acceptors (Lipinski definition) is 2. The summed E-state index contributed by atoms with van der Waals surface area (Å²) >= 11 is 3.28. The third-order valence-electron chi connectivity index (χ3n) is 4.11. The van der Waals surface area contributed by atoms with Gasteiger partial charge < -0.3 is 5.32 Å². The molecule has 3 rings (SSSR count). The molecular weight excluding hydrogens is 376 g/mol. The molecule has 2 aromatic carbocycles. The molecule has 4 heteroatoms. The molecule has 1 amide bonds. The molecule has 1 N–H and O–H groups in total. The molecule has 0 spiro atoms. The predicted octanol–water partition coefficient (Wildman–Crippen LogP) is 4.80. The lowest BCUT2D eigenvalue weighted by molar-refractivity contribution is 0.0952. The average Bonchev–Trinajstić information content (AvgIpc) is 2.67. The van der Waals surface area contributed by atoms with E-state index in [1.165, 1.54) is 11.1 Å². The van der Waals surface area contributed by atoms with Gasteiger partial charge in [0, 0.05) is 18.7 Å². The molecule has 25 heavy (non-hydrogen) atoms. The van der Waals surface area contributed by atoms with Crippen LogP contribution in [0.5, 0.6) is 0 Å². The number of benzene rings is 2. The number of rotatable bonds is 6. The summed E-state index contributed by atoms with van der Waals surface area (Å²) in [6.45, 7) is 0.601. The topological polar surface area (TPSA) is 42.0 Å². The van der Waals surface area contributed by atoms with Crippen LogP contribution in [-0.4, -0.2) is 17.4 Å². The van der Waals surface area contributed by atoms with E-state index in [0.29, 0.717) is 12.1 Å². The maximum atomic E-state index is 12.2. The largest absolute Gasteiger partial charge is 0.352 e. The van der Waals surface area contributed by atoms with Crippen molar-refractivity contribution in [2.75, 3.05) is 6.54 Å². The van der Waals surface area contributed by atoms with Crippen molar-refractivity contribution in [3.63, 3.8) is 0 Å². The van der Waals surface area contributed by atoms with E-state index in [1.54, 1.807) is 18.3 Å². The van der Waals surface area contributed by atoms with Gasteiger partial charge in [0.15, 0.2) is 0 Å². The molecule has 0 saturated carbocycles. The van der Waals surface area contributed by atoms with E-state index >= 15 is 0 Å². The first-order valence-corrected chi connectivity index (χ1v) is 9.03. The molecule has 0 aliphatic carbocycles. The lowest BCUT2D eigenvalue weighted by atomic mass is 9.88. The van der Waals surface area contributed by atoms with Crippen molar-refractivity contribution < 1.29 is 4.79 Å². The van der Waals surface area contributed by atoms with Crippen molar-refractivity contribution >= 4 is 21.8 Å². The second-order valence-electron chi connectivity index (χ2n) is 5.79. The summed E-state index contributed by atoms with van der Waals surface area (Å²) in [5, 5.41) is 2.99. The van der Waals surface area contributed by atoms with E-state index in [4.69, 9.17) is 0 Å². The second kappa shape index (κ2) is 8.58. The number of pyridine rings is 1. The van der Waals surface area contributed by atoms with Gasteiger partial charge in [0.2, 0.25) is 0 Å². The van der Waals surface area contributed by atoms with E-state index in [2.05, 4.69) is 74.8 Å². The number of amides is 1. The van der Waals surface area contributed by atoms with Crippen LogP contribution in [0.4, 0.5) is 0 Å². The van der Waals surface area contributed by atoms with Gasteiger partial charge in [-0.3, -0.25) is 4.79 Å². The van der Waals surface area contributed by atoms with Gasteiger partial charge in [0.25, 0.3) is 5.91 Å². The van der Waals surface area contributed by atoms with Crippen LogP contribution < -0.4 is 5.32 Å². The van der Waals surface area contributed by atoms with Crippen molar-refractivity contribution in [3.8, 4) is 0 Å². The van der Waals surface area contributed by atoms with Crippen LogP contribution in [0.25, 0.3) is 0 Å². The molecule has 1 aromatic heterocycles. The SMILES string of the molecule is O=C(NCCC(c1ccccc1)c1ccccc1)c1ccc(Br)nc1. The molecule has 0 aliphatic heterocycles. The van der Waals surface area contributed by atoms with Gasteiger partial charge >= 0.3 is 0 Å². The molecule has 0 aliphatic rings. The maximum Gasteiger partial charge on any atom is 0.252 e. The second-order valence-corrected chi connectivity index (χ2v) is 6.60. The number of halogens is 1. The first kappa shape index (κ1) is 17.4. The Morgan fingerprint density at radius 2 is 1.52 bits per heavy atom. The normalized spacial score (nSPS) is 10.6. The number of nitrogens with one attached hydrogen (secondary N) is 1. The zero-order chi connectivity index (χ0) is 17.5. The van der Waals surface area contributed by atoms with Crippen molar-refractivity contribution in [2.45, 2.75) is 12.3 Å². The zero-order valence-corrected chi connectivity index (χ0v) is 15.3. The molecule has 0 fully saturated rings. The van der Waals surface area contributed by atoms with E-state index in [0.717, 1.165) is 11.0 Å². The van der Waals surface area contributed by atoms with Crippen molar-refractivity contribution in [1.82, 2.24) is 10.3 Å². The third-order valence-corrected chi connectivity index (χ3v) is 4.58. The molecule has 0 saturated heterocycles. The van der Waals surface area contributed by atoms with Gasteiger partial charge in [0.05, 0.1) is 5.56 Å². The molecule has 126 valence electrons. The van der Waals surface area contributed by atoms with Gasteiger partial charge in [-0.05, 0) is 45.6 Å². The summed E-state index contributed by atoms with van der Waals surface area (Å²) in [7, 11) is 0. The summed E-state index contributed by atoms with van der Waals surface area (Å²) in [4.78, 5) is 16.3. The van der Waals surface area contributed by atoms with E-state index < -0.39 is 0 Å². The van der Waals surface area contributed by atoms with Crippen LogP contribution in [0.3, 0.4) is 0 Å². The Bertz CT molecular complexity index is 765. The van der Waals surface area contributed by atoms with E-state index in [9.17, 15) is 4.79 Å². The number of nitrogens with zero attached hydrogens (tertiary/aromatic N) is 1. The summed E-state index contributed by atoms with van der Waals surface area (Å²) in [6, 6.07) is 24.3. The quantitative estimate of drug-likeness (QED) is 0.610. The van der Waals surface area contributed by atoms with Crippen LogP contribution in [0.1, 0.15) is 33.8 Å². The smallest absolute Gasteiger partial charge is 0.252 e. The van der Waals surface area contributed by atoms with Gasteiger partial charge in [-0.2, -0.15) is 0 Å². The van der Waals surface area contributed by atoms with Crippen molar-refractivity contribution in [2.24, 2.45) is 0 Å². The molecule has 1 heterocycles. The van der Waals surface area contributed by atoms with Crippen LogP contribution >= 0.6 is 15.9 Å². The maximum absolute atomic E-state index is 12.2. The van der Waals surface area contributed by atoms with Crippen LogP contribution in [0.2, 0.25) is 0 Å². The van der Waals surface area contributed by atoms with Crippen molar-refractivity contribution in [1.29, 1.82) is 0 Å². The van der Waals surface area contributed by atoms with Gasteiger partial charge in [-0.15, -0.1) is 0 Å². The standard InChI is InChI=1S/C21H19BrN2O/c22-20-12-11-18(15-24-20)21(25)23-14-13-19(16-7-3-1-4-8-16)17-9-5-2-6-10-17/h1-12,15,19H,13-14H2,(H,23,25). The molecule has 0 bridgehead atoms. The zero-order valence-electron chi connectivity index (χ0n) is 13.7. The van der Waals surface area contributed by atoms with Gasteiger partial charge in [-0.1, -0.05) is 60.7 Å². The molecule has 0 radical (unpaired) electrons. The fourth-order valence-electron chi connectivity index (χ4n) is 2.84.